The Morgan fingerprint density at radius 1 is 1.38 bits per heavy atom. The molecule has 0 fully saturated rings. The summed E-state index contributed by atoms with van der Waals surface area (Å²) in [6.07, 6.45) is 0. The van der Waals surface area contributed by atoms with Crippen molar-refractivity contribution in [2.75, 3.05) is 0 Å². The topological polar surface area (TPSA) is 73.8 Å². The summed E-state index contributed by atoms with van der Waals surface area (Å²) in [6.45, 7) is 6.79. The van der Waals surface area contributed by atoms with Gasteiger partial charge in [-0.25, -0.2) is 0 Å². The van der Waals surface area contributed by atoms with Gasteiger partial charge in [0.1, 0.15) is 5.82 Å². The summed E-state index contributed by atoms with van der Waals surface area (Å²) in [5.74, 6) is 2.06. The Bertz CT molecular complexity index is 667. The maximum absolute atomic E-state index is 10.9. The van der Waals surface area contributed by atoms with Crippen molar-refractivity contribution in [2.24, 2.45) is 5.92 Å². The maximum atomic E-state index is 10.9. The minimum absolute atomic E-state index is 0.120. The molecule has 21 heavy (non-hydrogen) atoms. The van der Waals surface area contributed by atoms with Gasteiger partial charge in [-0.15, -0.1) is 10.2 Å². The lowest BCUT2D eigenvalue weighted by Crippen LogP contribution is -2.09. The lowest BCUT2D eigenvalue weighted by molar-refractivity contribution is -0.385. The van der Waals surface area contributed by atoms with Gasteiger partial charge in [-0.2, -0.15) is 0 Å². The Balaban J connectivity index is 2.49. The molecule has 0 N–H and O–H groups in total. The summed E-state index contributed by atoms with van der Waals surface area (Å²) in [4.78, 5) is 10.5. The van der Waals surface area contributed by atoms with Gasteiger partial charge in [0, 0.05) is 23.7 Å². The van der Waals surface area contributed by atoms with Gasteiger partial charge in [-0.05, 0) is 25.0 Å². The molecule has 0 amide bonds. The van der Waals surface area contributed by atoms with Crippen LogP contribution in [0.1, 0.15) is 25.2 Å². The van der Waals surface area contributed by atoms with Crippen LogP contribution in [0.5, 0.6) is 0 Å². The zero-order valence-corrected chi connectivity index (χ0v) is 13.8. The Labute approximate surface area is 131 Å². The lowest BCUT2D eigenvalue weighted by Gasteiger charge is -2.12. The highest BCUT2D eigenvalue weighted by Crippen LogP contribution is 2.26. The van der Waals surface area contributed by atoms with Crippen molar-refractivity contribution in [3.63, 3.8) is 0 Å². The van der Waals surface area contributed by atoms with E-state index in [9.17, 15) is 10.1 Å². The van der Waals surface area contributed by atoms with E-state index in [2.05, 4.69) is 44.5 Å². The van der Waals surface area contributed by atoms with E-state index in [0.29, 0.717) is 16.8 Å². The summed E-state index contributed by atoms with van der Waals surface area (Å²) >= 11 is 3.42. The Hall–Kier alpha value is -1.76. The highest BCUT2D eigenvalue weighted by molar-refractivity contribution is 9.08. The molecule has 2 rings (SSSR count). The molecule has 1 heterocycles. The summed E-state index contributed by atoms with van der Waals surface area (Å²) in [5, 5.41) is 19.9. The fourth-order valence-corrected chi connectivity index (χ4v) is 2.62. The number of rotatable bonds is 5. The van der Waals surface area contributed by atoms with E-state index in [-0.39, 0.29) is 10.6 Å². The van der Waals surface area contributed by atoms with E-state index in [1.165, 1.54) is 6.07 Å². The van der Waals surface area contributed by atoms with Gasteiger partial charge in [-0.3, -0.25) is 10.1 Å². The van der Waals surface area contributed by atoms with Crippen LogP contribution in [0.25, 0.3) is 11.4 Å². The highest BCUT2D eigenvalue weighted by Gasteiger charge is 2.17. The average Bonchev–Trinajstić information content (AvgIpc) is 2.80. The number of hydrogen-bond donors (Lipinski definition) is 0. The number of halogens is 1. The van der Waals surface area contributed by atoms with Crippen LogP contribution in [0, 0.1) is 23.0 Å². The zero-order valence-electron chi connectivity index (χ0n) is 12.2. The van der Waals surface area contributed by atoms with E-state index in [0.717, 1.165) is 23.8 Å². The molecular formula is C14H17BrN4O2. The third-order valence-electron chi connectivity index (χ3n) is 3.15. The smallest absolute Gasteiger partial charge is 0.272 e. The average molecular weight is 353 g/mol. The Kier molecular flexibility index (Phi) is 4.72. The molecule has 112 valence electrons. The highest BCUT2D eigenvalue weighted by atomic mass is 79.9. The minimum atomic E-state index is -0.373. The molecule has 0 spiro atoms. The van der Waals surface area contributed by atoms with Crippen LogP contribution in [0.4, 0.5) is 5.69 Å². The summed E-state index contributed by atoms with van der Waals surface area (Å²) in [5.41, 5.74) is 1.59. The predicted octanol–water partition coefficient (Wildman–Crippen LogP) is 3.71. The first-order chi connectivity index (χ1) is 9.93. The monoisotopic (exact) mass is 352 g/mol. The minimum Gasteiger partial charge on any atom is -0.310 e. The molecule has 7 heteroatoms. The predicted molar refractivity (Wildman–Crippen MR) is 84.3 cm³/mol. The molecule has 0 unspecified atom stereocenters. The number of hydrogen-bond acceptors (Lipinski definition) is 4. The van der Waals surface area contributed by atoms with Crippen LogP contribution in [-0.2, 0) is 11.9 Å². The molecule has 0 bridgehead atoms. The fraction of sp³-hybridized carbons (Fsp3) is 0.429. The molecular weight excluding hydrogens is 336 g/mol. The molecule has 0 atom stereocenters. The maximum Gasteiger partial charge on any atom is 0.272 e. The summed E-state index contributed by atoms with van der Waals surface area (Å²) in [7, 11) is 0. The van der Waals surface area contributed by atoms with E-state index in [1.807, 2.05) is 0 Å². The van der Waals surface area contributed by atoms with Crippen molar-refractivity contribution in [2.45, 2.75) is 32.6 Å². The normalized spacial score (nSPS) is 11.1. The standard InChI is InChI=1S/C14H17BrN4O2/c1-9(2)8-18-13(7-15)16-17-14(18)11-4-5-12(19(20)21)10(3)6-11/h4-6,9H,7-8H2,1-3H3. The SMILES string of the molecule is Cc1cc(-c2nnc(CBr)n2CC(C)C)ccc1[N+](=O)[O-]. The third-order valence-corrected chi connectivity index (χ3v) is 3.65. The van der Waals surface area contributed by atoms with E-state index in [4.69, 9.17) is 0 Å². The van der Waals surface area contributed by atoms with Gasteiger partial charge in [0.15, 0.2) is 5.82 Å². The van der Waals surface area contributed by atoms with Crippen LogP contribution in [0.3, 0.4) is 0 Å². The van der Waals surface area contributed by atoms with Crippen LogP contribution >= 0.6 is 15.9 Å². The van der Waals surface area contributed by atoms with E-state index >= 15 is 0 Å². The number of aromatic nitrogens is 3. The Morgan fingerprint density at radius 3 is 2.62 bits per heavy atom. The molecule has 6 nitrogen and oxygen atoms in total. The second-order valence-corrected chi connectivity index (χ2v) is 5.90. The first-order valence-corrected chi connectivity index (χ1v) is 7.79. The van der Waals surface area contributed by atoms with Gasteiger partial charge in [0.05, 0.1) is 10.3 Å². The van der Waals surface area contributed by atoms with Gasteiger partial charge in [0.25, 0.3) is 5.69 Å². The van der Waals surface area contributed by atoms with Crippen molar-refractivity contribution in [3.05, 3.63) is 39.7 Å². The Morgan fingerprint density at radius 2 is 2.10 bits per heavy atom. The molecule has 0 aliphatic rings. The van der Waals surface area contributed by atoms with Crippen LogP contribution in [0.15, 0.2) is 18.2 Å². The summed E-state index contributed by atoms with van der Waals surface area (Å²) < 4.78 is 2.06. The molecule has 2 aromatic rings. The van der Waals surface area contributed by atoms with Crippen LogP contribution in [-0.4, -0.2) is 19.7 Å². The van der Waals surface area contributed by atoms with Gasteiger partial charge in [-0.1, -0.05) is 29.8 Å². The van der Waals surface area contributed by atoms with Crippen LogP contribution < -0.4 is 0 Å². The lowest BCUT2D eigenvalue weighted by atomic mass is 10.1. The molecule has 0 radical (unpaired) electrons. The third kappa shape index (κ3) is 3.29. The number of nitro benzene ring substituents is 1. The number of benzene rings is 1. The first-order valence-electron chi connectivity index (χ1n) is 6.67. The van der Waals surface area contributed by atoms with Gasteiger partial charge < -0.3 is 4.57 Å². The van der Waals surface area contributed by atoms with Crippen molar-refractivity contribution in [3.8, 4) is 11.4 Å². The van der Waals surface area contributed by atoms with Crippen molar-refractivity contribution in [1.29, 1.82) is 0 Å². The van der Waals surface area contributed by atoms with Crippen LogP contribution in [0.2, 0.25) is 0 Å². The van der Waals surface area contributed by atoms with Crippen molar-refractivity contribution in [1.82, 2.24) is 14.8 Å². The molecule has 1 aromatic heterocycles. The second-order valence-electron chi connectivity index (χ2n) is 5.34. The van der Waals surface area contributed by atoms with E-state index < -0.39 is 0 Å². The number of nitro groups is 1. The zero-order chi connectivity index (χ0) is 15.6. The molecule has 0 aliphatic heterocycles. The molecule has 0 saturated carbocycles. The summed E-state index contributed by atoms with van der Waals surface area (Å²) in [6, 6.07) is 5.04. The van der Waals surface area contributed by atoms with Crippen molar-refractivity contribution < 1.29 is 4.92 Å². The fourth-order valence-electron chi connectivity index (χ4n) is 2.20. The van der Waals surface area contributed by atoms with E-state index in [1.54, 1.807) is 19.1 Å². The first kappa shape index (κ1) is 15.6. The number of aryl methyl sites for hydroxylation is 1. The number of alkyl halides is 1. The second kappa shape index (κ2) is 6.34. The molecule has 0 saturated heterocycles. The van der Waals surface area contributed by atoms with Crippen molar-refractivity contribution >= 4 is 21.6 Å². The largest absolute Gasteiger partial charge is 0.310 e. The molecule has 1 aromatic carbocycles. The van der Waals surface area contributed by atoms with Gasteiger partial charge in [0.2, 0.25) is 0 Å². The quantitative estimate of drug-likeness (QED) is 0.467. The molecule has 0 aliphatic carbocycles. The number of nitrogens with zero attached hydrogens (tertiary/aromatic N) is 4. The van der Waals surface area contributed by atoms with Gasteiger partial charge >= 0.3 is 0 Å².